The number of benzene rings is 1. The number of amides is 1. The standard InChI is InChI=1S/C8H8ClNO.C2H6O/c9-6-8(11)10-7-4-2-1-3-5-7;1-2-3/h1-5H,6H2,(H,10,11);3H,2H2,1H3. The third-order valence-corrected chi connectivity index (χ3v) is 1.42. The van der Waals surface area contributed by atoms with E-state index in [4.69, 9.17) is 16.7 Å². The summed E-state index contributed by atoms with van der Waals surface area (Å²) >= 11 is 5.29. The second-order valence-corrected chi connectivity index (χ2v) is 2.63. The first-order valence-corrected chi connectivity index (χ1v) is 4.79. The summed E-state index contributed by atoms with van der Waals surface area (Å²) in [6.45, 7) is 1.93. The van der Waals surface area contributed by atoms with E-state index in [2.05, 4.69) is 5.32 Å². The van der Waals surface area contributed by atoms with Crippen LogP contribution in [0.25, 0.3) is 0 Å². The summed E-state index contributed by atoms with van der Waals surface area (Å²) in [6.07, 6.45) is 0. The van der Waals surface area contributed by atoms with Gasteiger partial charge in [0.25, 0.3) is 0 Å². The number of para-hydroxylation sites is 1. The van der Waals surface area contributed by atoms with Gasteiger partial charge in [0.1, 0.15) is 5.88 Å². The van der Waals surface area contributed by atoms with Crippen LogP contribution in [0.4, 0.5) is 5.69 Å². The van der Waals surface area contributed by atoms with E-state index in [1.807, 2.05) is 30.3 Å². The first-order chi connectivity index (χ1) is 6.74. The molecule has 0 saturated carbocycles. The fraction of sp³-hybridized carbons (Fsp3) is 0.300. The summed E-state index contributed by atoms with van der Waals surface area (Å²) in [5.41, 5.74) is 0.776. The van der Waals surface area contributed by atoms with E-state index in [-0.39, 0.29) is 18.4 Å². The Kier molecular flexibility index (Phi) is 7.89. The van der Waals surface area contributed by atoms with Gasteiger partial charge in [-0.1, -0.05) is 18.2 Å². The van der Waals surface area contributed by atoms with Crippen LogP contribution in [0.1, 0.15) is 6.92 Å². The van der Waals surface area contributed by atoms with Crippen molar-refractivity contribution in [1.82, 2.24) is 0 Å². The zero-order valence-corrected chi connectivity index (χ0v) is 8.79. The normalized spacial score (nSPS) is 8.50. The van der Waals surface area contributed by atoms with Gasteiger partial charge in [-0.2, -0.15) is 0 Å². The fourth-order valence-corrected chi connectivity index (χ4v) is 0.783. The van der Waals surface area contributed by atoms with Crippen LogP contribution in [0.15, 0.2) is 30.3 Å². The van der Waals surface area contributed by atoms with Crippen molar-refractivity contribution < 1.29 is 9.90 Å². The van der Waals surface area contributed by atoms with Crippen LogP contribution in [-0.4, -0.2) is 23.5 Å². The number of aliphatic hydroxyl groups is 1. The van der Waals surface area contributed by atoms with Crippen molar-refractivity contribution in [2.45, 2.75) is 6.92 Å². The highest BCUT2D eigenvalue weighted by molar-refractivity contribution is 6.29. The Morgan fingerprint density at radius 3 is 2.36 bits per heavy atom. The van der Waals surface area contributed by atoms with E-state index < -0.39 is 0 Å². The lowest BCUT2D eigenvalue weighted by Gasteiger charge is -2.00. The number of hydrogen-bond acceptors (Lipinski definition) is 2. The number of nitrogens with one attached hydrogen (secondary N) is 1. The molecule has 1 amide bonds. The van der Waals surface area contributed by atoms with Gasteiger partial charge >= 0.3 is 0 Å². The van der Waals surface area contributed by atoms with Crippen LogP contribution in [0, 0.1) is 0 Å². The molecule has 0 heterocycles. The smallest absolute Gasteiger partial charge is 0.239 e. The number of halogens is 1. The number of anilines is 1. The molecule has 4 heteroatoms. The second-order valence-electron chi connectivity index (χ2n) is 2.36. The maximum absolute atomic E-state index is 10.7. The van der Waals surface area contributed by atoms with Gasteiger partial charge in [0.05, 0.1) is 0 Å². The lowest BCUT2D eigenvalue weighted by atomic mass is 10.3. The Morgan fingerprint density at radius 1 is 1.43 bits per heavy atom. The molecule has 14 heavy (non-hydrogen) atoms. The molecule has 1 aromatic carbocycles. The van der Waals surface area contributed by atoms with Gasteiger partial charge < -0.3 is 10.4 Å². The predicted octanol–water partition coefficient (Wildman–Crippen LogP) is 1.86. The largest absolute Gasteiger partial charge is 0.397 e. The molecule has 0 aliphatic heterocycles. The van der Waals surface area contributed by atoms with Crippen molar-refractivity contribution in [2.24, 2.45) is 0 Å². The molecule has 1 aromatic rings. The molecule has 0 aliphatic rings. The van der Waals surface area contributed by atoms with Crippen LogP contribution in [0.2, 0.25) is 0 Å². The first-order valence-electron chi connectivity index (χ1n) is 4.26. The van der Waals surface area contributed by atoms with Crippen LogP contribution < -0.4 is 5.32 Å². The van der Waals surface area contributed by atoms with Crippen molar-refractivity contribution in [3.63, 3.8) is 0 Å². The Bertz CT molecular complexity index is 252. The van der Waals surface area contributed by atoms with E-state index in [0.717, 1.165) is 5.69 Å². The number of carbonyl (C=O) groups excluding carboxylic acids is 1. The topological polar surface area (TPSA) is 49.3 Å². The van der Waals surface area contributed by atoms with E-state index in [9.17, 15) is 4.79 Å². The highest BCUT2D eigenvalue weighted by Crippen LogP contribution is 2.04. The molecule has 0 unspecified atom stereocenters. The van der Waals surface area contributed by atoms with E-state index in [1.165, 1.54) is 0 Å². The Morgan fingerprint density at radius 2 is 1.93 bits per heavy atom. The summed E-state index contributed by atoms with van der Waals surface area (Å²) in [5, 5.41) is 10.2. The van der Waals surface area contributed by atoms with Crippen LogP contribution >= 0.6 is 11.6 Å². The lowest BCUT2D eigenvalue weighted by Crippen LogP contribution is -2.12. The second kappa shape index (κ2) is 8.53. The summed E-state index contributed by atoms with van der Waals surface area (Å²) < 4.78 is 0. The van der Waals surface area contributed by atoms with Gasteiger partial charge in [0.15, 0.2) is 0 Å². The van der Waals surface area contributed by atoms with Gasteiger partial charge in [-0.25, -0.2) is 0 Å². The molecule has 0 radical (unpaired) electrons. The number of hydrogen-bond donors (Lipinski definition) is 2. The molecule has 1 rings (SSSR count). The zero-order valence-electron chi connectivity index (χ0n) is 8.03. The minimum absolute atomic E-state index is 0.00507. The van der Waals surface area contributed by atoms with Crippen LogP contribution in [-0.2, 0) is 4.79 Å². The van der Waals surface area contributed by atoms with Gasteiger partial charge in [-0.3, -0.25) is 4.79 Å². The highest BCUT2D eigenvalue weighted by Gasteiger charge is 1.96. The summed E-state index contributed by atoms with van der Waals surface area (Å²) in [5.74, 6) is -0.188. The Labute approximate surface area is 88.7 Å². The third-order valence-electron chi connectivity index (χ3n) is 1.18. The predicted molar refractivity (Wildman–Crippen MR) is 58.6 cm³/mol. The van der Waals surface area contributed by atoms with Crippen molar-refractivity contribution in [3.8, 4) is 0 Å². The van der Waals surface area contributed by atoms with Crippen molar-refractivity contribution in [1.29, 1.82) is 0 Å². The molecule has 0 aliphatic carbocycles. The van der Waals surface area contributed by atoms with E-state index in [0.29, 0.717) is 0 Å². The number of carbonyl (C=O) groups is 1. The molecule has 0 bridgehead atoms. The van der Waals surface area contributed by atoms with Crippen LogP contribution in [0.3, 0.4) is 0 Å². The molecule has 0 atom stereocenters. The maximum atomic E-state index is 10.7. The molecule has 0 aromatic heterocycles. The Hall–Kier alpha value is -1.06. The van der Waals surface area contributed by atoms with Crippen molar-refractivity contribution >= 4 is 23.2 Å². The molecule has 0 spiro atoms. The zero-order chi connectivity index (χ0) is 10.8. The molecule has 0 fully saturated rings. The molecule has 0 saturated heterocycles. The van der Waals surface area contributed by atoms with Crippen molar-refractivity contribution in [3.05, 3.63) is 30.3 Å². The first kappa shape index (κ1) is 12.9. The summed E-state index contributed by atoms with van der Waals surface area (Å²) in [4.78, 5) is 10.7. The van der Waals surface area contributed by atoms with E-state index in [1.54, 1.807) is 6.92 Å². The SMILES string of the molecule is CCO.O=C(CCl)Nc1ccccc1. The lowest BCUT2D eigenvalue weighted by molar-refractivity contribution is -0.113. The molecule has 78 valence electrons. The maximum Gasteiger partial charge on any atom is 0.239 e. The van der Waals surface area contributed by atoms with Gasteiger partial charge in [0.2, 0.25) is 5.91 Å². The molecule has 2 N–H and O–H groups in total. The molecule has 3 nitrogen and oxygen atoms in total. The van der Waals surface area contributed by atoms with Crippen molar-refractivity contribution in [2.75, 3.05) is 17.8 Å². The monoisotopic (exact) mass is 215 g/mol. The number of aliphatic hydroxyl groups excluding tert-OH is 1. The number of rotatable bonds is 2. The van der Waals surface area contributed by atoms with Crippen LogP contribution in [0.5, 0.6) is 0 Å². The average molecular weight is 216 g/mol. The van der Waals surface area contributed by atoms with Gasteiger partial charge in [-0.15, -0.1) is 11.6 Å². The summed E-state index contributed by atoms with van der Waals surface area (Å²) in [7, 11) is 0. The highest BCUT2D eigenvalue weighted by atomic mass is 35.5. The summed E-state index contributed by atoms with van der Waals surface area (Å²) in [6, 6.07) is 9.21. The average Bonchev–Trinajstić information content (AvgIpc) is 2.20. The van der Waals surface area contributed by atoms with Gasteiger partial charge in [-0.05, 0) is 19.1 Å². The minimum Gasteiger partial charge on any atom is -0.397 e. The third kappa shape index (κ3) is 6.46. The van der Waals surface area contributed by atoms with Gasteiger partial charge in [0, 0.05) is 12.3 Å². The Balaban J connectivity index is 0.000000500. The van der Waals surface area contributed by atoms with E-state index >= 15 is 0 Å². The molecular weight excluding hydrogens is 202 g/mol. The molecular formula is C10H14ClNO2. The number of alkyl halides is 1. The minimum atomic E-state index is -0.183. The quantitative estimate of drug-likeness (QED) is 0.740. The fourth-order valence-electron chi connectivity index (χ4n) is 0.716.